The third kappa shape index (κ3) is 2.29. The average Bonchev–Trinajstić information content (AvgIpc) is 2.11. The van der Waals surface area contributed by atoms with E-state index in [2.05, 4.69) is 0 Å². The molecule has 15 heavy (non-hydrogen) atoms. The van der Waals surface area contributed by atoms with Crippen LogP contribution in [0.2, 0.25) is 0 Å². The summed E-state index contributed by atoms with van der Waals surface area (Å²) in [5.41, 5.74) is 0. The van der Waals surface area contributed by atoms with E-state index in [-0.39, 0.29) is 17.1 Å². The molecule has 0 saturated heterocycles. The summed E-state index contributed by atoms with van der Waals surface area (Å²) >= 11 is 0. The second-order valence-electron chi connectivity index (χ2n) is 2.13. The molecule has 1 aromatic rings. The molecule has 0 unspecified atom stereocenters. The number of hydrogen-bond acceptors (Lipinski definition) is 3. The molecule has 0 fully saturated rings. The molecule has 1 aromatic carbocycles. The van der Waals surface area contributed by atoms with Crippen molar-refractivity contribution in [3.05, 3.63) is 29.1 Å². The number of hydrogen-bond donors (Lipinski definition) is 0. The van der Waals surface area contributed by atoms with Gasteiger partial charge < -0.3 is 8.42 Å². The van der Waals surface area contributed by atoms with Crippen LogP contribution in [0.3, 0.4) is 0 Å². The molecule has 0 atom stereocenters. The monoisotopic (exact) mass is 287 g/mol. The maximum atomic E-state index is 12.5. The van der Waals surface area contributed by atoms with Crippen molar-refractivity contribution in [3.63, 3.8) is 0 Å². The van der Waals surface area contributed by atoms with E-state index in [1.54, 1.807) is 0 Å². The summed E-state index contributed by atoms with van der Waals surface area (Å²) in [5, 5.41) is 0. The standard InChI is InChI=1S/C6F5O2S.Fe/c7-1-2(8)4(10)6(14(12)13)5(11)3(1)9;/q-1;. The van der Waals surface area contributed by atoms with E-state index in [9.17, 15) is 30.4 Å². The fourth-order valence-electron chi connectivity index (χ4n) is 0.731. The van der Waals surface area contributed by atoms with Crippen molar-refractivity contribution >= 4 is 10.7 Å². The fourth-order valence-corrected chi connectivity index (χ4v) is 1.20. The maximum absolute atomic E-state index is 12.5. The summed E-state index contributed by atoms with van der Waals surface area (Å²) < 4.78 is 82.3. The summed E-state index contributed by atoms with van der Waals surface area (Å²) in [6.45, 7) is 0. The minimum atomic E-state index is -3.53. The van der Waals surface area contributed by atoms with Gasteiger partial charge in [0.1, 0.15) is 0 Å². The van der Waals surface area contributed by atoms with Gasteiger partial charge in [0.15, 0.2) is 29.1 Å². The zero-order valence-corrected chi connectivity index (χ0v) is 8.39. The molecule has 86 valence electrons. The van der Waals surface area contributed by atoms with E-state index in [1.807, 2.05) is 0 Å². The van der Waals surface area contributed by atoms with Gasteiger partial charge >= 0.3 is 0 Å². The second kappa shape index (κ2) is 4.91. The topological polar surface area (TPSA) is 34.1 Å². The van der Waals surface area contributed by atoms with E-state index in [0.717, 1.165) is 0 Å². The van der Waals surface area contributed by atoms with Gasteiger partial charge in [0.05, 0.1) is 0 Å². The molecule has 0 aliphatic heterocycles. The summed E-state index contributed by atoms with van der Waals surface area (Å²) in [6, 6.07) is 0. The molecule has 1 rings (SSSR count). The van der Waals surface area contributed by atoms with Crippen LogP contribution in [0.15, 0.2) is 4.90 Å². The Labute approximate surface area is 92.5 Å². The van der Waals surface area contributed by atoms with Crippen LogP contribution >= 0.6 is 0 Å². The quantitative estimate of drug-likeness (QED) is 0.260. The third-order valence-electron chi connectivity index (χ3n) is 1.34. The molecule has 0 N–H and O–H groups in total. The molecular weight excluding hydrogens is 287 g/mol. The number of halogens is 5. The largest absolute Gasteiger partial charge is 0.419 e. The summed E-state index contributed by atoms with van der Waals surface area (Å²) in [5.74, 6) is -11.7. The Bertz CT molecular complexity index is 436. The van der Waals surface area contributed by atoms with Gasteiger partial charge in [-0.2, -0.15) is 0 Å². The summed E-state index contributed by atoms with van der Waals surface area (Å²) in [4.78, 5) is -1.86. The van der Waals surface area contributed by atoms with Crippen molar-refractivity contribution in [2.24, 2.45) is 0 Å². The van der Waals surface area contributed by atoms with Crippen molar-refractivity contribution in [1.82, 2.24) is 0 Å². The van der Waals surface area contributed by atoms with Crippen LogP contribution in [0.4, 0.5) is 22.0 Å². The molecule has 0 bridgehead atoms. The van der Waals surface area contributed by atoms with E-state index in [1.165, 1.54) is 0 Å². The Morgan fingerprint density at radius 2 is 0.933 bits per heavy atom. The van der Waals surface area contributed by atoms with Gasteiger partial charge in [-0.1, -0.05) is 0 Å². The van der Waals surface area contributed by atoms with E-state index in [4.69, 9.17) is 0 Å². The van der Waals surface area contributed by atoms with Gasteiger partial charge in [-0.15, -0.1) is 0 Å². The Kier molecular flexibility index (Phi) is 4.69. The smallest absolute Gasteiger partial charge is 0.200 e. The first-order valence-electron chi connectivity index (χ1n) is 2.98. The molecule has 9 heteroatoms. The number of benzene rings is 1. The van der Waals surface area contributed by atoms with Gasteiger partial charge in [0, 0.05) is 17.1 Å². The summed E-state index contributed by atoms with van der Waals surface area (Å²) in [7, 11) is -3.53. The molecule has 0 radical (unpaired) electrons. The van der Waals surface area contributed by atoms with Crippen LogP contribution in [0.1, 0.15) is 0 Å². The van der Waals surface area contributed by atoms with Crippen LogP contribution < -0.4 is 0 Å². The molecular formula is C6F5FeO2S-. The van der Waals surface area contributed by atoms with Crippen LogP contribution in [-0.2, 0) is 36.2 Å². The third-order valence-corrected chi connectivity index (χ3v) is 2.03. The Balaban J connectivity index is 0.00000196. The Morgan fingerprint density at radius 3 is 1.20 bits per heavy atom. The first-order chi connectivity index (χ1) is 6.37. The second-order valence-corrected chi connectivity index (χ2v) is 3.01. The molecule has 0 aliphatic rings. The molecule has 2 nitrogen and oxygen atoms in total. The zero-order valence-electron chi connectivity index (χ0n) is 6.47. The molecule has 0 spiro atoms. The van der Waals surface area contributed by atoms with Crippen molar-refractivity contribution in [3.8, 4) is 0 Å². The van der Waals surface area contributed by atoms with Crippen LogP contribution in [0, 0.1) is 29.1 Å². The Hall–Kier alpha value is -0.661. The minimum Gasteiger partial charge on any atom is -0.419 e. The van der Waals surface area contributed by atoms with Crippen molar-refractivity contribution in [1.29, 1.82) is 0 Å². The van der Waals surface area contributed by atoms with Gasteiger partial charge in [-0.05, 0) is 15.6 Å². The SMILES string of the molecule is O=[S-](=O)c1c(F)c(F)c(F)c(F)c1F.[Fe]. The normalized spacial score (nSPS) is 10.3. The minimum absolute atomic E-state index is 0. The molecule has 0 aliphatic carbocycles. The van der Waals surface area contributed by atoms with Crippen LogP contribution in [0.25, 0.3) is 0 Å². The predicted molar refractivity (Wildman–Crippen MR) is 33.2 cm³/mol. The van der Waals surface area contributed by atoms with E-state index < -0.39 is 44.7 Å². The zero-order chi connectivity index (χ0) is 11.0. The fraction of sp³-hybridized carbons (Fsp3) is 0. The molecule has 0 saturated carbocycles. The average molecular weight is 287 g/mol. The molecule has 0 heterocycles. The first kappa shape index (κ1) is 14.3. The van der Waals surface area contributed by atoms with E-state index >= 15 is 0 Å². The molecule has 0 aromatic heterocycles. The van der Waals surface area contributed by atoms with Crippen molar-refractivity contribution in [2.45, 2.75) is 4.90 Å². The molecule has 0 amide bonds. The Morgan fingerprint density at radius 1 is 0.667 bits per heavy atom. The predicted octanol–water partition coefficient (Wildman–Crippen LogP) is 2.05. The van der Waals surface area contributed by atoms with Crippen molar-refractivity contribution < 1.29 is 47.4 Å². The van der Waals surface area contributed by atoms with Gasteiger partial charge in [0.25, 0.3) is 0 Å². The van der Waals surface area contributed by atoms with Gasteiger partial charge in [-0.25, -0.2) is 22.0 Å². The summed E-state index contributed by atoms with van der Waals surface area (Å²) in [6.07, 6.45) is 0. The van der Waals surface area contributed by atoms with Crippen LogP contribution in [0.5, 0.6) is 0 Å². The van der Waals surface area contributed by atoms with Gasteiger partial charge in [-0.3, -0.25) is 0 Å². The van der Waals surface area contributed by atoms with Crippen LogP contribution in [-0.4, -0.2) is 0 Å². The van der Waals surface area contributed by atoms with Crippen molar-refractivity contribution in [2.75, 3.05) is 0 Å². The van der Waals surface area contributed by atoms with Gasteiger partial charge in [0.2, 0.25) is 0 Å². The maximum Gasteiger partial charge on any atom is 0.200 e. The first-order valence-corrected chi connectivity index (χ1v) is 4.06. The van der Waals surface area contributed by atoms with E-state index in [0.29, 0.717) is 0 Å². The number of rotatable bonds is 1.